The maximum absolute atomic E-state index is 11.9. The first kappa shape index (κ1) is 16.2. The molecule has 116 valence electrons. The lowest BCUT2D eigenvalue weighted by molar-refractivity contribution is -0.114. The molecule has 0 bridgehead atoms. The summed E-state index contributed by atoms with van der Waals surface area (Å²) in [7, 11) is 0. The zero-order valence-corrected chi connectivity index (χ0v) is 12.8. The highest BCUT2D eigenvalue weighted by molar-refractivity contribution is 5.96. The Kier molecular flexibility index (Phi) is 5.48. The van der Waals surface area contributed by atoms with Crippen molar-refractivity contribution in [3.05, 3.63) is 59.7 Å². The van der Waals surface area contributed by atoms with Crippen LogP contribution in [-0.4, -0.2) is 18.2 Å². The van der Waals surface area contributed by atoms with E-state index in [1.165, 1.54) is 6.92 Å². The minimum absolute atomic E-state index is 0.0180. The summed E-state index contributed by atoms with van der Waals surface area (Å²) in [6.07, 6.45) is 0.349. The van der Waals surface area contributed by atoms with Crippen molar-refractivity contribution in [2.24, 2.45) is 0 Å². The average Bonchev–Trinajstić information content (AvgIpc) is 2.55. The Bertz CT molecular complexity index is 746. The third kappa shape index (κ3) is 4.97. The number of benzene rings is 2. The molecule has 0 fully saturated rings. The van der Waals surface area contributed by atoms with E-state index in [0.717, 1.165) is 11.3 Å². The van der Waals surface area contributed by atoms with Crippen LogP contribution in [0.25, 0.3) is 0 Å². The van der Waals surface area contributed by atoms with Gasteiger partial charge in [-0.3, -0.25) is 9.59 Å². The minimum Gasteiger partial charge on any atom is -0.376 e. The Labute approximate surface area is 134 Å². The quantitative estimate of drug-likeness (QED) is 0.804. The predicted octanol–water partition coefficient (Wildman–Crippen LogP) is 3.01. The minimum atomic E-state index is -0.189. The number of Topliss-reactive ketones (excluding diaryl/α,β-unsaturated/α-hetero) is 1. The lowest BCUT2D eigenvalue weighted by Gasteiger charge is -2.09. The normalized spacial score (nSPS) is 9.74. The van der Waals surface area contributed by atoms with Crippen molar-refractivity contribution in [3.63, 3.8) is 0 Å². The highest BCUT2D eigenvalue weighted by Crippen LogP contribution is 2.12. The second-order valence-corrected chi connectivity index (χ2v) is 5.07. The van der Waals surface area contributed by atoms with Crippen LogP contribution in [-0.2, 0) is 11.2 Å². The number of anilines is 2. The molecule has 0 aliphatic heterocycles. The maximum Gasteiger partial charge on any atom is 0.243 e. The summed E-state index contributed by atoms with van der Waals surface area (Å²) in [5, 5.41) is 14.4. The van der Waals surface area contributed by atoms with Crippen LogP contribution >= 0.6 is 0 Å². The van der Waals surface area contributed by atoms with E-state index in [4.69, 9.17) is 5.26 Å². The second kappa shape index (κ2) is 7.76. The van der Waals surface area contributed by atoms with Gasteiger partial charge in [0.15, 0.2) is 5.78 Å². The molecule has 0 spiro atoms. The SMILES string of the molecule is CC(=O)c1cccc(NCC(=O)Nc2ccc(CC#N)cc2)c1. The topological polar surface area (TPSA) is 82.0 Å². The summed E-state index contributed by atoms with van der Waals surface area (Å²) in [5.41, 5.74) is 2.90. The molecule has 23 heavy (non-hydrogen) atoms. The van der Waals surface area contributed by atoms with Gasteiger partial charge in [-0.2, -0.15) is 5.26 Å². The van der Waals surface area contributed by atoms with Crippen molar-refractivity contribution in [2.45, 2.75) is 13.3 Å². The number of ketones is 1. The molecule has 2 aromatic rings. The third-order valence-corrected chi connectivity index (χ3v) is 3.24. The summed E-state index contributed by atoms with van der Waals surface area (Å²) < 4.78 is 0. The molecule has 0 saturated heterocycles. The van der Waals surface area contributed by atoms with Gasteiger partial charge < -0.3 is 10.6 Å². The standard InChI is InChI=1S/C18H17N3O2/c1-13(22)15-3-2-4-17(11-15)20-12-18(23)21-16-7-5-14(6-8-16)9-10-19/h2-8,11,20H,9,12H2,1H3,(H,21,23). The van der Waals surface area contributed by atoms with Gasteiger partial charge in [-0.25, -0.2) is 0 Å². The molecule has 1 amide bonds. The fourth-order valence-corrected chi connectivity index (χ4v) is 2.03. The highest BCUT2D eigenvalue weighted by Gasteiger charge is 2.04. The van der Waals surface area contributed by atoms with E-state index in [1.54, 1.807) is 36.4 Å². The number of nitrogens with one attached hydrogen (secondary N) is 2. The van der Waals surface area contributed by atoms with Crippen LogP contribution < -0.4 is 10.6 Å². The maximum atomic E-state index is 11.9. The Balaban J connectivity index is 1.89. The van der Waals surface area contributed by atoms with E-state index in [0.29, 0.717) is 17.7 Å². The summed E-state index contributed by atoms with van der Waals surface area (Å²) in [5.74, 6) is -0.207. The van der Waals surface area contributed by atoms with Crippen LogP contribution in [0.4, 0.5) is 11.4 Å². The number of carbonyl (C=O) groups excluding carboxylic acids is 2. The first-order valence-corrected chi connectivity index (χ1v) is 7.19. The van der Waals surface area contributed by atoms with Gasteiger partial charge in [0, 0.05) is 16.9 Å². The molecule has 5 nitrogen and oxygen atoms in total. The molecule has 0 unspecified atom stereocenters. The van der Waals surface area contributed by atoms with Gasteiger partial charge in [0.25, 0.3) is 0 Å². The molecule has 0 saturated carbocycles. The molecule has 0 radical (unpaired) electrons. The second-order valence-electron chi connectivity index (χ2n) is 5.07. The molecule has 0 aromatic heterocycles. The van der Waals surface area contributed by atoms with Crippen LogP contribution in [0.2, 0.25) is 0 Å². The Hall–Kier alpha value is -3.13. The molecule has 2 N–H and O–H groups in total. The van der Waals surface area contributed by atoms with Gasteiger partial charge in [0.05, 0.1) is 19.0 Å². The summed E-state index contributed by atoms with van der Waals surface area (Å²) in [4.78, 5) is 23.2. The predicted molar refractivity (Wildman–Crippen MR) is 89.3 cm³/mol. The largest absolute Gasteiger partial charge is 0.376 e. The molecular weight excluding hydrogens is 290 g/mol. The van der Waals surface area contributed by atoms with Gasteiger partial charge >= 0.3 is 0 Å². The number of hydrogen-bond donors (Lipinski definition) is 2. The van der Waals surface area contributed by atoms with Gasteiger partial charge in [0.1, 0.15) is 0 Å². The first-order chi connectivity index (χ1) is 11.1. The molecule has 2 aromatic carbocycles. The number of carbonyl (C=O) groups is 2. The van der Waals surface area contributed by atoms with E-state index < -0.39 is 0 Å². The monoisotopic (exact) mass is 307 g/mol. The fourth-order valence-electron chi connectivity index (χ4n) is 2.03. The van der Waals surface area contributed by atoms with Crippen LogP contribution in [0.3, 0.4) is 0 Å². The van der Waals surface area contributed by atoms with Crippen LogP contribution in [0.1, 0.15) is 22.8 Å². The molecule has 5 heteroatoms. The van der Waals surface area contributed by atoms with E-state index >= 15 is 0 Å². The highest BCUT2D eigenvalue weighted by atomic mass is 16.2. The van der Waals surface area contributed by atoms with Gasteiger partial charge in [-0.05, 0) is 36.8 Å². The number of hydrogen-bond acceptors (Lipinski definition) is 4. The van der Waals surface area contributed by atoms with E-state index in [-0.39, 0.29) is 18.2 Å². The number of nitriles is 1. The van der Waals surface area contributed by atoms with Crippen LogP contribution in [0.15, 0.2) is 48.5 Å². The van der Waals surface area contributed by atoms with Crippen molar-refractivity contribution >= 4 is 23.1 Å². The van der Waals surface area contributed by atoms with Crippen molar-refractivity contribution in [1.29, 1.82) is 5.26 Å². The van der Waals surface area contributed by atoms with E-state index in [1.807, 2.05) is 12.1 Å². The summed E-state index contributed by atoms with van der Waals surface area (Å²) in [6, 6.07) is 16.2. The zero-order valence-electron chi connectivity index (χ0n) is 12.8. The number of amides is 1. The number of rotatable bonds is 6. The first-order valence-electron chi connectivity index (χ1n) is 7.19. The van der Waals surface area contributed by atoms with E-state index in [2.05, 4.69) is 16.7 Å². The smallest absolute Gasteiger partial charge is 0.243 e. The Morgan fingerprint density at radius 3 is 2.48 bits per heavy atom. The van der Waals surface area contributed by atoms with Crippen molar-refractivity contribution in [3.8, 4) is 6.07 Å². The lowest BCUT2D eigenvalue weighted by atomic mass is 10.1. The average molecular weight is 307 g/mol. The van der Waals surface area contributed by atoms with Crippen molar-refractivity contribution in [1.82, 2.24) is 0 Å². The van der Waals surface area contributed by atoms with Crippen molar-refractivity contribution in [2.75, 3.05) is 17.2 Å². The molecule has 0 atom stereocenters. The summed E-state index contributed by atoms with van der Waals surface area (Å²) >= 11 is 0. The third-order valence-electron chi connectivity index (χ3n) is 3.24. The number of nitrogens with zero attached hydrogens (tertiary/aromatic N) is 1. The fraction of sp³-hybridized carbons (Fsp3) is 0.167. The molecular formula is C18H17N3O2. The molecule has 0 heterocycles. The Morgan fingerprint density at radius 1 is 1.09 bits per heavy atom. The zero-order chi connectivity index (χ0) is 16.7. The van der Waals surface area contributed by atoms with Gasteiger partial charge in [0.2, 0.25) is 5.91 Å². The van der Waals surface area contributed by atoms with Crippen LogP contribution in [0.5, 0.6) is 0 Å². The van der Waals surface area contributed by atoms with Crippen LogP contribution in [0, 0.1) is 11.3 Å². The van der Waals surface area contributed by atoms with Gasteiger partial charge in [-0.15, -0.1) is 0 Å². The Morgan fingerprint density at radius 2 is 1.83 bits per heavy atom. The van der Waals surface area contributed by atoms with Gasteiger partial charge in [-0.1, -0.05) is 24.3 Å². The van der Waals surface area contributed by atoms with Crippen molar-refractivity contribution < 1.29 is 9.59 Å². The molecule has 2 rings (SSSR count). The molecule has 0 aliphatic carbocycles. The molecule has 0 aliphatic rings. The van der Waals surface area contributed by atoms with E-state index in [9.17, 15) is 9.59 Å². The summed E-state index contributed by atoms with van der Waals surface area (Å²) in [6.45, 7) is 1.60. The lowest BCUT2D eigenvalue weighted by Crippen LogP contribution is -2.21.